The van der Waals surface area contributed by atoms with Crippen molar-refractivity contribution in [2.45, 2.75) is 83.9 Å². The van der Waals surface area contributed by atoms with Gasteiger partial charge in [0.2, 0.25) is 0 Å². The van der Waals surface area contributed by atoms with Gasteiger partial charge in [-0.1, -0.05) is 20.8 Å². The standard InChI is InChI=1S/C22H32O7/c1-10-13(24)8-22(27)19(29-11(2)23)16-12-9-28-14(12)6-7-21(16,5)18(26)17(25)15(10)20(22,3)4/h12-14,16-17,19,24-25,27H,6-9H2,1-5H3/t12-,13+,14-,16+,17-,19+,21-,22-/m1/s1. The van der Waals surface area contributed by atoms with Gasteiger partial charge in [-0.05, 0) is 30.9 Å². The quantitative estimate of drug-likeness (QED) is 0.440. The van der Waals surface area contributed by atoms with Crippen molar-refractivity contribution in [3.05, 3.63) is 11.1 Å². The summed E-state index contributed by atoms with van der Waals surface area (Å²) in [4.78, 5) is 25.8. The molecule has 4 rings (SSSR count). The topological polar surface area (TPSA) is 113 Å². The minimum absolute atomic E-state index is 0.0288. The van der Waals surface area contributed by atoms with Crippen LogP contribution in [0, 0.1) is 22.7 Å². The molecule has 7 heteroatoms. The van der Waals surface area contributed by atoms with Crippen LogP contribution in [0.1, 0.15) is 53.9 Å². The molecule has 7 nitrogen and oxygen atoms in total. The van der Waals surface area contributed by atoms with Crippen molar-refractivity contribution in [3.8, 4) is 0 Å². The third kappa shape index (κ3) is 2.57. The molecule has 3 N–H and O–H groups in total. The Balaban J connectivity index is 1.99. The van der Waals surface area contributed by atoms with E-state index >= 15 is 0 Å². The second kappa shape index (κ2) is 6.36. The van der Waals surface area contributed by atoms with E-state index in [0.717, 1.165) is 0 Å². The van der Waals surface area contributed by atoms with Crippen LogP contribution in [0.15, 0.2) is 11.1 Å². The zero-order valence-corrected chi connectivity index (χ0v) is 17.8. The van der Waals surface area contributed by atoms with Crippen LogP contribution < -0.4 is 0 Å². The first-order valence-electron chi connectivity index (χ1n) is 10.5. The fraction of sp³-hybridized carbons (Fsp3) is 0.818. The van der Waals surface area contributed by atoms with Crippen molar-refractivity contribution in [2.75, 3.05) is 6.61 Å². The van der Waals surface area contributed by atoms with Crippen LogP contribution in [-0.4, -0.2) is 63.7 Å². The summed E-state index contributed by atoms with van der Waals surface area (Å²) in [5.41, 5.74) is -2.84. The molecule has 0 aromatic carbocycles. The van der Waals surface area contributed by atoms with Crippen molar-refractivity contribution in [1.82, 2.24) is 0 Å². The van der Waals surface area contributed by atoms with Crippen molar-refractivity contribution in [3.63, 3.8) is 0 Å². The molecule has 162 valence electrons. The summed E-state index contributed by atoms with van der Waals surface area (Å²) in [6.45, 7) is 8.74. The van der Waals surface area contributed by atoms with E-state index in [9.17, 15) is 24.9 Å². The lowest BCUT2D eigenvalue weighted by molar-refractivity contribution is -0.264. The van der Waals surface area contributed by atoms with Crippen molar-refractivity contribution >= 4 is 11.8 Å². The molecule has 3 aliphatic carbocycles. The maximum Gasteiger partial charge on any atom is 0.303 e. The Labute approximate surface area is 171 Å². The highest BCUT2D eigenvalue weighted by Gasteiger charge is 2.69. The number of aliphatic hydroxyl groups excluding tert-OH is 2. The van der Waals surface area contributed by atoms with Gasteiger partial charge in [-0.2, -0.15) is 0 Å². The Hall–Kier alpha value is -1.28. The lowest BCUT2D eigenvalue weighted by atomic mass is 9.46. The largest absolute Gasteiger partial charge is 0.459 e. The smallest absolute Gasteiger partial charge is 0.303 e. The molecule has 3 fully saturated rings. The van der Waals surface area contributed by atoms with Gasteiger partial charge in [0, 0.05) is 36.0 Å². The number of fused-ring (bicyclic) bond motifs is 5. The second-order valence-corrected chi connectivity index (χ2v) is 10.2. The number of carbonyl (C=O) groups excluding carboxylic acids is 2. The summed E-state index contributed by atoms with van der Waals surface area (Å²) >= 11 is 0. The first kappa shape index (κ1) is 21.0. The first-order chi connectivity index (χ1) is 13.4. The number of rotatable bonds is 1. The molecule has 0 spiro atoms. The van der Waals surface area contributed by atoms with Gasteiger partial charge in [0.05, 0.1) is 18.8 Å². The number of hydrogen-bond acceptors (Lipinski definition) is 7. The molecular weight excluding hydrogens is 376 g/mol. The highest BCUT2D eigenvalue weighted by molar-refractivity contribution is 5.92. The molecule has 4 aliphatic rings. The fourth-order valence-corrected chi connectivity index (χ4v) is 6.63. The molecule has 1 saturated heterocycles. The Morgan fingerprint density at radius 1 is 1.24 bits per heavy atom. The number of ether oxygens (including phenoxy) is 2. The van der Waals surface area contributed by atoms with E-state index < -0.39 is 46.6 Å². The lowest BCUT2D eigenvalue weighted by Gasteiger charge is -2.63. The second-order valence-electron chi connectivity index (χ2n) is 10.2. The minimum atomic E-state index is -1.64. The number of hydrogen-bond donors (Lipinski definition) is 3. The molecule has 8 atom stereocenters. The summed E-state index contributed by atoms with van der Waals surface area (Å²) in [5, 5.41) is 34.0. The van der Waals surface area contributed by atoms with Gasteiger partial charge in [0.15, 0.2) is 5.78 Å². The van der Waals surface area contributed by atoms with E-state index in [0.29, 0.717) is 30.6 Å². The Morgan fingerprint density at radius 3 is 2.45 bits per heavy atom. The van der Waals surface area contributed by atoms with Crippen molar-refractivity contribution in [2.24, 2.45) is 22.7 Å². The highest BCUT2D eigenvalue weighted by atomic mass is 16.6. The summed E-state index contributed by atoms with van der Waals surface area (Å²) in [5.74, 6) is -1.43. The van der Waals surface area contributed by atoms with Crippen LogP contribution in [0.3, 0.4) is 0 Å². The lowest BCUT2D eigenvalue weighted by Crippen LogP contribution is -2.72. The Kier molecular flexibility index (Phi) is 4.60. The van der Waals surface area contributed by atoms with Gasteiger partial charge >= 0.3 is 5.97 Å². The van der Waals surface area contributed by atoms with Gasteiger partial charge < -0.3 is 24.8 Å². The molecule has 2 saturated carbocycles. The van der Waals surface area contributed by atoms with Crippen LogP contribution in [0.5, 0.6) is 0 Å². The molecule has 29 heavy (non-hydrogen) atoms. The van der Waals surface area contributed by atoms with Crippen molar-refractivity contribution < 1.29 is 34.4 Å². The molecule has 1 aliphatic heterocycles. The van der Waals surface area contributed by atoms with Gasteiger partial charge in [-0.25, -0.2) is 0 Å². The normalized spacial score (nSPS) is 48.6. The minimum Gasteiger partial charge on any atom is -0.459 e. The van der Waals surface area contributed by atoms with Gasteiger partial charge in [-0.3, -0.25) is 9.59 Å². The van der Waals surface area contributed by atoms with E-state index in [1.807, 2.05) is 6.92 Å². The molecule has 1 heterocycles. The molecule has 0 aromatic heterocycles. The summed E-state index contributed by atoms with van der Waals surface area (Å²) < 4.78 is 11.5. The molecule has 0 radical (unpaired) electrons. The highest BCUT2D eigenvalue weighted by Crippen LogP contribution is 2.61. The van der Waals surface area contributed by atoms with Crippen LogP contribution >= 0.6 is 0 Å². The number of aliphatic hydroxyl groups is 3. The monoisotopic (exact) mass is 408 g/mol. The molecule has 0 amide bonds. The Morgan fingerprint density at radius 2 is 1.90 bits per heavy atom. The summed E-state index contributed by atoms with van der Waals surface area (Å²) in [6.07, 6.45) is -2.36. The maximum absolute atomic E-state index is 13.7. The zero-order chi connectivity index (χ0) is 21.5. The zero-order valence-electron chi connectivity index (χ0n) is 17.8. The van der Waals surface area contributed by atoms with E-state index in [-0.39, 0.29) is 24.2 Å². The molecule has 2 bridgehead atoms. The number of Topliss-reactive ketones (excluding diaryl/α,β-unsaturated/α-hetero) is 1. The van der Waals surface area contributed by atoms with Gasteiger partial charge in [-0.15, -0.1) is 0 Å². The number of esters is 1. The van der Waals surface area contributed by atoms with E-state index in [2.05, 4.69) is 0 Å². The van der Waals surface area contributed by atoms with E-state index in [1.54, 1.807) is 20.8 Å². The maximum atomic E-state index is 13.7. The predicted octanol–water partition coefficient (Wildman–Crippen LogP) is 1.13. The number of ketones is 1. The van der Waals surface area contributed by atoms with Crippen LogP contribution in [0.4, 0.5) is 0 Å². The SMILES string of the molecule is CC(=O)O[C@H]1[C@@H]2[C@@H]3CO[C@@H]3CC[C@@]2(C)C(=O)[C@H](O)C2=C(C)[C@@H](O)C[C@]1(O)C2(C)C. The van der Waals surface area contributed by atoms with Crippen LogP contribution in [0.2, 0.25) is 0 Å². The fourth-order valence-electron chi connectivity index (χ4n) is 6.63. The van der Waals surface area contributed by atoms with Crippen LogP contribution in [0.25, 0.3) is 0 Å². The third-order valence-electron chi connectivity index (χ3n) is 8.48. The predicted molar refractivity (Wildman–Crippen MR) is 103 cm³/mol. The average Bonchev–Trinajstić information content (AvgIpc) is 2.59. The van der Waals surface area contributed by atoms with E-state index in [4.69, 9.17) is 9.47 Å². The number of carbonyl (C=O) groups is 2. The molecule has 0 aromatic rings. The summed E-state index contributed by atoms with van der Waals surface area (Å²) in [6, 6.07) is 0. The van der Waals surface area contributed by atoms with Crippen LogP contribution in [-0.2, 0) is 19.1 Å². The summed E-state index contributed by atoms with van der Waals surface area (Å²) in [7, 11) is 0. The Bertz CT molecular complexity index is 786. The molecule has 0 unspecified atom stereocenters. The van der Waals surface area contributed by atoms with Gasteiger partial charge in [0.25, 0.3) is 0 Å². The first-order valence-corrected chi connectivity index (χ1v) is 10.5. The van der Waals surface area contributed by atoms with Gasteiger partial charge in [0.1, 0.15) is 17.8 Å². The van der Waals surface area contributed by atoms with E-state index in [1.165, 1.54) is 6.92 Å². The third-order valence-corrected chi connectivity index (χ3v) is 8.48. The van der Waals surface area contributed by atoms with Crippen molar-refractivity contribution in [1.29, 1.82) is 0 Å². The average molecular weight is 408 g/mol. The molecular formula is C22H32O7.